The molecule has 1 atom stereocenters. The highest BCUT2D eigenvalue weighted by molar-refractivity contribution is 6.07. The number of aromatic nitrogens is 1. The SMILES string of the molecule is CN1CCN(CCCNC(=O)c2cn3c4c(c(N5CC[C@@H](NC(=O)CCN6CCN(C)CC6)C5)c(F)cc4c2=O)Oc2cc4c(cc2-3)oc2ccccc24)CC1. The van der Waals surface area contributed by atoms with Gasteiger partial charge in [0.15, 0.2) is 17.3 Å². The molecule has 2 amide bonds. The molecule has 0 radical (unpaired) electrons. The molecule has 0 unspecified atom stereocenters. The summed E-state index contributed by atoms with van der Waals surface area (Å²) in [5.74, 6) is -0.496. The molecule has 3 aromatic carbocycles. The number of anilines is 1. The van der Waals surface area contributed by atoms with E-state index >= 15 is 4.39 Å². The predicted molar refractivity (Wildman–Crippen MR) is 215 cm³/mol. The second-order valence-corrected chi connectivity index (χ2v) is 15.8. The zero-order valence-electron chi connectivity index (χ0n) is 32.1. The van der Waals surface area contributed by atoms with Crippen LogP contribution in [0.3, 0.4) is 0 Å². The lowest BCUT2D eigenvalue weighted by Gasteiger charge is -2.32. The Morgan fingerprint density at radius 2 is 1.59 bits per heavy atom. The van der Waals surface area contributed by atoms with Crippen LogP contribution in [0.15, 0.2) is 57.9 Å². The van der Waals surface area contributed by atoms with Crippen molar-refractivity contribution in [1.29, 1.82) is 0 Å². The maximum Gasteiger partial charge on any atom is 0.256 e. The standard InChI is InChI=1S/C42H49FN8O5/c1-46-14-18-48(19-15-46)11-5-10-44-42(54)31-26-51-33-24-35-29(28-6-3-4-7-34(28)55-35)23-36(33)56-41-38(51)30(40(31)53)22-32(43)39(41)50-13-8-27(25-50)45-37(52)9-12-49-20-16-47(2)17-21-49/h3-4,6-7,22-24,26-27H,5,8-21,25H2,1-2H3,(H,44,54)(H,45,52)/t27-/m1/s1. The van der Waals surface area contributed by atoms with E-state index in [1.165, 1.54) is 6.07 Å². The number of furan rings is 1. The summed E-state index contributed by atoms with van der Waals surface area (Å²) in [6.45, 7) is 10.7. The zero-order chi connectivity index (χ0) is 38.5. The van der Waals surface area contributed by atoms with Crippen molar-refractivity contribution < 1.29 is 23.1 Å². The largest absolute Gasteiger partial charge is 0.456 e. The highest BCUT2D eigenvalue weighted by Gasteiger charge is 2.34. The third-order valence-corrected chi connectivity index (χ3v) is 12.0. The quantitative estimate of drug-likeness (QED) is 0.200. The average Bonchev–Trinajstić information content (AvgIpc) is 3.81. The topological polar surface area (TPSA) is 119 Å². The molecule has 5 aromatic rings. The summed E-state index contributed by atoms with van der Waals surface area (Å²) in [5, 5.41) is 7.91. The molecule has 0 aliphatic carbocycles. The van der Waals surface area contributed by atoms with E-state index in [0.717, 1.165) is 76.1 Å². The molecule has 0 spiro atoms. The molecule has 2 N–H and O–H groups in total. The van der Waals surface area contributed by atoms with E-state index in [-0.39, 0.29) is 34.3 Å². The summed E-state index contributed by atoms with van der Waals surface area (Å²) in [4.78, 5) is 52.0. The number of ether oxygens (including phenoxy) is 1. The Morgan fingerprint density at radius 3 is 2.36 bits per heavy atom. The summed E-state index contributed by atoms with van der Waals surface area (Å²) in [5.41, 5.74) is 1.86. The summed E-state index contributed by atoms with van der Waals surface area (Å²) < 4.78 is 31.2. The summed E-state index contributed by atoms with van der Waals surface area (Å²) in [7, 11) is 4.23. The van der Waals surface area contributed by atoms with Gasteiger partial charge >= 0.3 is 0 Å². The van der Waals surface area contributed by atoms with Gasteiger partial charge in [-0.25, -0.2) is 4.39 Å². The van der Waals surface area contributed by atoms with Gasteiger partial charge in [0.05, 0.1) is 11.1 Å². The van der Waals surface area contributed by atoms with Crippen LogP contribution in [0.4, 0.5) is 10.1 Å². The molecule has 3 fully saturated rings. The Morgan fingerprint density at radius 1 is 0.857 bits per heavy atom. The van der Waals surface area contributed by atoms with Gasteiger partial charge in [0.1, 0.15) is 27.9 Å². The first kappa shape index (κ1) is 36.6. The fraction of sp³-hybridized carbons (Fsp3) is 0.452. The van der Waals surface area contributed by atoms with E-state index in [1.54, 1.807) is 10.8 Å². The number of rotatable bonds is 10. The van der Waals surface area contributed by atoms with Gasteiger partial charge in [-0.15, -0.1) is 0 Å². The molecule has 56 heavy (non-hydrogen) atoms. The average molecular weight is 765 g/mol. The first-order valence-corrected chi connectivity index (χ1v) is 19.9. The molecule has 3 saturated heterocycles. The van der Waals surface area contributed by atoms with E-state index in [4.69, 9.17) is 9.15 Å². The Balaban J connectivity index is 1.02. The molecule has 0 saturated carbocycles. The van der Waals surface area contributed by atoms with Crippen LogP contribution in [-0.2, 0) is 4.79 Å². The van der Waals surface area contributed by atoms with E-state index in [9.17, 15) is 14.4 Å². The zero-order valence-corrected chi connectivity index (χ0v) is 32.1. The first-order valence-electron chi connectivity index (χ1n) is 19.9. The number of fused-ring (bicyclic) bond motifs is 5. The minimum atomic E-state index is -0.624. The first-order chi connectivity index (χ1) is 27.2. The summed E-state index contributed by atoms with van der Waals surface area (Å²) in [6.07, 6.45) is 3.34. The summed E-state index contributed by atoms with van der Waals surface area (Å²) in [6, 6.07) is 12.5. The number of carbonyl (C=O) groups excluding carboxylic acids is 2. The Bertz CT molecular complexity index is 2380. The van der Waals surface area contributed by atoms with Crippen molar-refractivity contribution in [2.45, 2.75) is 25.3 Å². The van der Waals surface area contributed by atoms with Crippen LogP contribution < -0.4 is 25.7 Å². The van der Waals surface area contributed by atoms with Gasteiger partial charge in [-0.3, -0.25) is 14.4 Å². The van der Waals surface area contributed by atoms with Crippen LogP contribution in [0.2, 0.25) is 0 Å². The normalized spacial score (nSPS) is 19.5. The molecule has 0 bridgehead atoms. The van der Waals surface area contributed by atoms with Crippen molar-refractivity contribution in [3.05, 3.63) is 70.3 Å². The maximum atomic E-state index is 16.6. The van der Waals surface area contributed by atoms with Gasteiger partial charge in [-0.05, 0) is 51.7 Å². The van der Waals surface area contributed by atoms with Gasteiger partial charge in [0.25, 0.3) is 5.91 Å². The number of piperazine rings is 2. The van der Waals surface area contributed by atoms with Crippen LogP contribution in [0.25, 0.3) is 38.5 Å². The van der Waals surface area contributed by atoms with E-state index < -0.39 is 17.2 Å². The molecule has 13 nitrogen and oxygen atoms in total. The third kappa shape index (κ3) is 6.99. The van der Waals surface area contributed by atoms with Gasteiger partial charge < -0.3 is 48.9 Å². The molecule has 4 aliphatic heterocycles. The van der Waals surface area contributed by atoms with Crippen molar-refractivity contribution in [3.63, 3.8) is 0 Å². The van der Waals surface area contributed by atoms with Crippen molar-refractivity contribution in [3.8, 4) is 17.2 Å². The number of halogens is 1. The number of hydrogen-bond acceptors (Lipinski definition) is 10. The number of para-hydroxylation sites is 1. The Hall–Kier alpha value is -5.02. The number of benzene rings is 3. The molecule has 294 valence electrons. The second-order valence-electron chi connectivity index (χ2n) is 15.8. The molecule has 2 aromatic heterocycles. The van der Waals surface area contributed by atoms with Gasteiger partial charge in [-0.2, -0.15) is 0 Å². The van der Waals surface area contributed by atoms with Gasteiger partial charge in [-0.1, -0.05) is 18.2 Å². The van der Waals surface area contributed by atoms with E-state index in [1.807, 2.05) is 41.3 Å². The number of carbonyl (C=O) groups is 2. The Labute approximate surface area is 324 Å². The number of nitrogens with zero attached hydrogens (tertiary/aromatic N) is 6. The lowest BCUT2D eigenvalue weighted by molar-refractivity contribution is -0.122. The van der Waals surface area contributed by atoms with E-state index in [0.29, 0.717) is 67.1 Å². The molecule has 4 aliphatic rings. The lowest BCUT2D eigenvalue weighted by Crippen LogP contribution is -2.46. The number of pyridine rings is 1. The highest BCUT2D eigenvalue weighted by Crippen LogP contribution is 2.49. The van der Waals surface area contributed by atoms with Crippen LogP contribution >= 0.6 is 0 Å². The lowest BCUT2D eigenvalue weighted by atomic mass is 10.0. The summed E-state index contributed by atoms with van der Waals surface area (Å²) >= 11 is 0. The highest BCUT2D eigenvalue weighted by atomic mass is 19.1. The number of nitrogens with one attached hydrogen (secondary N) is 2. The number of amides is 2. The third-order valence-electron chi connectivity index (χ3n) is 12.0. The fourth-order valence-corrected chi connectivity index (χ4v) is 8.66. The van der Waals surface area contributed by atoms with Gasteiger partial charge in [0.2, 0.25) is 11.3 Å². The number of hydrogen-bond donors (Lipinski definition) is 2. The van der Waals surface area contributed by atoms with Crippen LogP contribution in [-0.4, -0.2) is 141 Å². The molecular formula is C42H49FN8O5. The molecule has 6 heterocycles. The predicted octanol–water partition coefficient (Wildman–Crippen LogP) is 3.83. The minimum absolute atomic E-state index is 0.0170. The van der Waals surface area contributed by atoms with Crippen molar-refractivity contribution in [1.82, 2.24) is 34.8 Å². The molecular weight excluding hydrogens is 716 g/mol. The second kappa shape index (κ2) is 15.1. The van der Waals surface area contributed by atoms with Crippen molar-refractivity contribution in [2.24, 2.45) is 0 Å². The van der Waals surface area contributed by atoms with Crippen LogP contribution in [0.1, 0.15) is 29.6 Å². The van der Waals surface area contributed by atoms with E-state index in [2.05, 4.69) is 44.3 Å². The smallest absolute Gasteiger partial charge is 0.256 e. The van der Waals surface area contributed by atoms with Crippen LogP contribution in [0, 0.1) is 5.82 Å². The molecule has 14 heteroatoms. The number of likely N-dealkylation sites (N-methyl/N-ethyl adjacent to an activating group) is 2. The monoisotopic (exact) mass is 764 g/mol. The van der Waals surface area contributed by atoms with Gasteiger partial charge in [0, 0.05) is 114 Å². The molecule has 9 rings (SSSR count). The van der Waals surface area contributed by atoms with Crippen LogP contribution in [0.5, 0.6) is 11.5 Å². The maximum absolute atomic E-state index is 16.6. The van der Waals surface area contributed by atoms with Crippen molar-refractivity contribution in [2.75, 3.05) is 104 Å². The minimum Gasteiger partial charge on any atom is -0.456 e. The van der Waals surface area contributed by atoms with Crippen molar-refractivity contribution >= 4 is 50.3 Å². The Kier molecular flexibility index (Phi) is 9.90. The fourth-order valence-electron chi connectivity index (χ4n) is 8.66.